The average molecular weight is 547 g/mol. The Morgan fingerprint density at radius 1 is 1.05 bits per heavy atom. The van der Waals surface area contributed by atoms with E-state index in [9.17, 15) is 4.79 Å². The third-order valence-electron chi connectivity index (χ3n) is 7.07. The molecule has 0 saturated carbocycles. The van der Waals surface area contributed by atoms with Crippen LogP contribution in [0.1, 0.15) is 26.5 Å². The van der Waals surface area contributed by atoms with E-state index in [0.717, 1.165) is 47.8 Å². The summed E-state index contributed by atoms with van der Waals surface area (Å²) in [4.78, 5) is 22.8. The Morgan fingerprint density at radius 3 is 2.50 bits per heavy atom. The van der Waals surface area contributed by atoms with Crippen LogP contribution < -0.4 is 15.4 Å². The number of rotatable bonds is 7. The van der Waals surface area contributed by atoms with Crippen LogP contribution in [-0.2, 0) is 14.9 Å². The third-order valence-corrected chi connectivity index (χ3v) is 7.07. The van der Waals surface area contributed by atoms with Crippen LogP contribution in [0.15, 0.2) is 53.1 Å². The van der Waals surface area contributed by atoms with Crippen molar-refractivity contribution in [2.24, 2.45) is 0 Å². The topological polar surface area (TPSA) is 127 Å². The molecule has 11 nitrogen and oxygen atoms in total. The van der Waals surface area contributed by atoms with Gasteiger partial charge in [-0.2, -0.15) is 0 Å². The zero-order valence-electron chi connectivity index (χ0n) is 22.9. The predicted octanol–water partition coefficient (Wildman–Crippen LogP) is 4.64. The number of amides is 2. The van der Waals surface area contributed by atoms with Gasteiger partial charge in [-0.25, -0.2) is 9.78 Å². The minimum Gasteiger partial charge on any atom is -0.492 e. The minimum atomic E-state index is -0.400. The number of urea groups is 1. The lowest BCUT2D eigenvalue weighted by atomic mass is 9.93. The first-order chi connectivity index (χ1) is 19.3. The van der Waals surface area contributed by atoms with Crippen molar-refractivity contribution >= 4 is 28.6 Å². The molecule has 0 aliphatic carbocycles. The zero-order chi connectivity index (χ0) is 27.7. The lowest BCUT2D eigenvalue weighted by Crippen LogP contribution is -2.36. The van der Waals surface area contributed by atoms with Crippen LogP contribution in [0.2, 0.25) is 0 Å². The number of ether oxygens (including phenoxy) is 3. The van der Waals surface area contributed by atoms with E-state index in [2.05, 4.69) is 25.7 Å². The Kier molecular flexibility index (Phi) is 7.18. The van der Waals surface area contributed by atoms with Crippen LogP contribution in [0.5, 0.6) is 5.75 Å². The molecule has 0 radical (unpaired) electrons. The predicted molar refractivity (Wildman–Crippen MR) is 151 cm³/mol. The van der Waals surface area contributed by atoms with Crippen molar-refractivity contribution < 1.29 is 23.5 Å². The van der Waals surface area contributed by atoms with Gasteiger partial charge in [0.05, 0.1) is 36.5 Å². The van der Waals surface area contributed by atoms with Gasteiger partial charge in [0.1, 0.15) is 23.9 Å². The number of nitrogens with one attached hydrogen (secondary N) is 3. The van der Waals surface area contributed by atoms with Gasteiger partial charge in [-0.3, -0.25) is 10.2 Å². The smallest absolute Gasteiger partial charge is 0.324 e. The summed E-state index contributed by atoms with van der Waals surface area (Å²) < 4.78 is 22.9. The largest absolute Gasteiger partial charge is 0.492 e. The molecule has 3 N–H and O–H groups in total. The van der Waals surface area contributed by atoms with Crippen LogP contribution in [0.4, 0.5) is 16.3 Å². The lowest BCUT2D eigenvalue weighted by molar-refractivity contribution is -0.116. The third kappa shape index (κ3) is 5.96. The summed E-state index contributed by atoms with van der Waals surface area (Å²) in [6.45, 7) is 10.6. The van der Waals surface area contributed by atoms with Crippen LogP contribution in [-0.4, -0.2) is 77.7 Å². The molecule has 2 aromatic carbocycles. The second kappa shape index (κ2) is 10.9. The summed E-state index contributed by atoms with van der Waals surface area (Å²) in [5, 5.41) is 9.42. The lowest BCUT2D eigenvalue weighted by Gasteiger charge is -2.24. The van der Waals surface area contributed by atoms with Gasteiger partial charge in [-0.05, 0) is 36.4 Å². The number of likely N-dealkylation sites (tertiary alicyclic amines) is 1. The fourth-order valence-corrected chi connectivity index (χ4v) is 4.91. The molecule has 2 fully saturated rings. The van der Waals surface area contributed by atoms with Crippen LogP contribution in [0.3, 0.4) is 0 Å². The fraction of sp³-hybridized carbons (Fsp3) is 0.414. The van der Waals surface area contributed by atoms with Crippen molar-refractivity contribution in [3.05, 3.63) is 54.3 Å². The van der Waals surface area contributed by atoms with Crippen molar-refractivity contribution in [2.45, 2.75) is 38.4 Å². The minimum absolute atomic E-state index is 0.178. The first-order valence-electron chi connectivity index (χ1n) is 13.5. The fourth-order valence-electron chi connectivity index (χ4n) is 4.91. The van der Waals surface area contributed by atoms with Crippen LogP contribution in [0, 0.1) is 0 Å². The Labute approximate surface area is 232 Å². The standard InChI is InChI=1S/C29H34N6O5/c1-29(2,3)25-15-26(34-40-25)33-28(36)30-19-6-4-18(5-7-19)27-31-21-9-8-20(14-22(21)32-27)37-11-10-35-16-23-24(17-35)39-13-12-38-23/h4-9,14-15,23-24H,10-13,16-17H2,1-3H3,(H,31,32)(H2,30,33,34,36). The van der Waals surface area contributed by atoms with Crippen molar-refractivity contribution in [3.8, 4) is 17.1 Å². The van der Waals surface area contributed by atoms with Crippen molar-refractivity contribution in [1.29, 1.82) is 0 Å². The summed E-state index contributed by atoms with van der Waals surface area (Å²) in [6.07, 6.45) is 0.355. The monoisotopic (exact) mass is 546 g/mol. The molecule has 2 amide bonds. The van der Waals surface area contributed by atoms with E-state index < -0.39 is 6.03 Å². The molecule has 2 atom stereocenters. The maximum absolute atomic E-state index is 12.4. The van der Waals surface area contributed by atoms with E-state index in [1.807, 2.05) is 63.2 Å². The Balaban J connectivity index is 1.02. The summed E-state index contributed by atoms with van der Waals surface area (Å²) in [5.74, 6) is 2.59. The number of hydrogen-bond acceptors (Lipinski definition) is 8. The highest BCUT2D eigenvalue weighted by Crippen LogP contribution is 2.27. The highest BCUT2D eigenvalue weighted by molar-refractivity contribution is 5.99. The maximum Gasteiger partial charge on any atom is 0.324 e. The molecular weight excluding hydrogens is 512 g/mol. The average Bonchev–Trinajstić information content (AvgIpc) is 3.66. The molecule has 0 spiro atoms. The van der Waals surface area contributed by atoms with Gasteiger partial charge in [-0.15, -0.1) is 0 Å². The summed E-state index contributed by atoms with van der Waals surface area (Å²) in [5.41, 5.74) is 3.09. The molecule has 2 unspecified atom stereocenters. The van der Waals surface area contributed by atoms with E-state index in [4.69, 9.17) is 23.7 Å². The number of hydrogen-bond donors (Lipinski definition) is 3. The Hall–Kier alpha value is -3.93. The first kappa shape index (κ1) is 26.3. The van der Waals surface area contributed by atoms with Crippen molar-refractivity contribution in [1.82, 2.24) is 20.0 Å². The van der Waals surface area contributed by atoms with Gasteiger partial charge in [0.15, 0.2) is 5.82 Å². The number of anilines is 2. The second-order valence-electron chi connectivity index (χ2n) is 11.2. The molecule has 2 aromatic heterocycles. The molecule has 2 saturated heterocycles. The van der Waals surface area contributed by atoms with Crippen molar-refractivity contribution in [2.75, 3.05) is 50.1 Å². The van der Waals surface area contributed by atoms with E-state index in [0.29, 0.717) is 37.1 Å². The number of benzene rings is 2. The highest BCUT2D eigenvalue weighted by Gasteiger charge is 2.36. The van der Waals surface area contributed by atoms with E-state index >= 15 is 0 Å². The van der Waals surface area contributed by atoms with Gasteiger partial charge in [0.25, 0.3) is 0 Å². The van der Waals surface area contributed by atoms with Gasteiger partial charge < -0.3 is 29.0 Å². The maximum atomic E-state index is 12.4. The Bertz CT molecular complexity index is 1460. The molecule has 4 aromatic rings. The summed E-state index contributed by atoms with van der Waals surface area (Å²) in [7, 11) is 0. The van der Waals surface area contributed by atoms with Gasteiger partial charge in [0, 0.05) is 48.4 Å². The SMILES string of the molecule is CC(C)(C)c1cc(NC(=O)Nc2ccc(-c3nc4ccc(OCCN5CC6OCCOC6C5)cc4[nH]3)cc2)no1. The van der Waals surface area contributed by atoms with E-state index in [1.165, 1.54) is 0 Å². The molecule has 6 rings (SSSR count). The van der Waals surface area contributed by atoms with E-state index in [1.54, 1.807) is 6.07 Å². The quantitative estimate of drug-likeness (QED) is 0.306. The molecule has 2 aliphatic heterocycles. The van der Waals surface area contributed by atoms with Crippen LogP contribution >= 0.6 is 0 Å². The number of fused-ring (bicyclic) bond motifs is 2. The van der Waals surface area contributed by atoms with E-state index in [-0.39, 0.29) is 17.6 Å². The summed E-state index contributed by atoms with van der Waals surface area (Å²) in [6, 6.07) is 14.6. The molecule has 4 heterocycles. The van der Waals surface area contributed by atoms with Gasteiger partial charge in [-0.1, -0.05) is 25.9 Å². The zero-order valence-corrected chi connectivity index (χ0v) is 22.9. The molecule has 210 valence electrons. The molecule has 0 bridgehead atoms. The number of carbonyl (C=O) groups excluding carboxylic acids is 1. The number of nitrogens with zero attached hydrogens (tertiary/aromatic N) is 3. The van der Waals surface area contributed by atoms with Gasteiger partial charge in [0.2, 0.25) is 0 Å². The number of imidazole rings is 1. The number of carbonyl (C=O) groups is 1. The van der Waals surface area contributed by atoms with Crippen molar-refractivity contribution in [3.63, 3.8) is 0 Å². The van der Waals surface area contributed by atoms with Gasteiger partial charge >= 0.3 is 6.03 Å². The second-order valence-corrected chi connectivity index (χ2v) is 11.2. The normalized spacial score (nSPS) is 19.5. The molecule has 11 heteroatoms. The first-order valence-corrected chi connectivity index (χ1v) is 13.5. The molecule has 2 aliphatic rings. The summed E-state index contributed by atoms with van der Waals surface area (Å²) >= 11 is 0. The number of aromatic nitrogens is 3. The molecular formula is C29H34N6O5. The highest BCUT2D eigenvalue weighted by atomic mass is 16.6. The van der Waals surface area contributed by atoms with Crippen LogP contribution in [0.25, 0.3) is 22.4 Å². The number of H-pyrrole nitrogens is 1. The number of aromatic amines is 1. The Morgan fingerprint density at radius 2 is 1.80 bits per heavy atom. The molecule has 40 heavy (non-hydrogen) atoms.